The van der Waals surface area contributed by atoms with E-state index >= 15 is 0 Å². The average Bonchev–Trinajstić information content (AvgIpc) is 2.86. The maximum absolute atomic E-state index is 14.2. The lowest BCUT2D eigenvalue weighted by Gasteiger charge is -2.36. The number of aromatic nitrogens is 2. The van der Waals surface area contributed by atoms with Crippen LogP contribution in [0.3, 0.4) is 0 Å². The van der Waals surface area contributed by atoms with Crippen molar-refractivity contribution in [2.45, 2.75) is 18.9 Å². The van der Waals surface area contributed by atoms with Gasteiger partial charge < -0.3 is 21.1 Å². The molecular weight excluding hydrogens is 448 g/mol. The number of aliphatic hydroxyl groups excluding tert-OH is 1. The molecule has 2 aromatic heterocycles. The van der Waals surface area contributed by atoms with E-state index in [4.69, 9.17) is 10.8 Å². The zero-order valence-electron chi connectivity index (χ0n) is 19.2. The van der Waals surface area contributed by atoms with E-state index in [1.807, 2.05) is 30.3 Å². The van der Waals surface area contributed by atoms with Gasteiger partial charge in [-0.15, -0.1) is 0 Å². The van der Waals surface area contributed by atoms with Gasteiger partial charge in [0.15, 0.2) is 0 Å². The van der Waals surface area contributed by atoms with Gasteiger partial charge in [-0.2, -0.15) is 0 Å². The largest absolute Gasteiger partial charge is 0.395 e. The molecule has 1 fully saturated rings. The van der Waals surface area contributed by atoms with Crippen LogP contribution in [0.15, 0.2) is 60.9 Å². The number of anilines is 2. The summed E-state index contributed by atoms with van der Waals surface area (Å²) >= 11 is 0. The first-order valence-electron chi connectivity index (χ1n) is 11.7. The van der Waals surface area contributed by atoms with Gasteiger partial charge in [0.1, 0.15) is 17.5 Å². The van der Waals surface area contributed by atoms with E-state index in [9.17, 15) is 8.78 Å². The summed E-state index contributed by atoms with van der Waals surface area (Å²) in [5.74, 6) is -0.829. The highest BCUT2D eigenvalue weighted by molar-refractivity contribution is 6.02. The van der Waals surface area contributed by atoms with Gasteiger partial charge in [-0.1, -0.05) is 6.07 Å². The van der Waals surface area contributed by atoms with Crippen LogP contribution in [0, 0.1) is 11.6 Å². The van der Waals surface area contributed by atoms with E-state index in [-0.39, 0.29) is 6.61 Å². The summed E-state index contributed by atoms with van der Waals surface area (Å²) in [6, 6.07) is 13.5. The van der Waals surface area contributed by atoms with Gasteiger partial charge in [0.25, 0.3) is 0 Å². The Morgan fingerprint density at radius 3 is 2.46 bits per heavy atom. The van der Waals surface area contributed by atoms with Gasteiger partial charge in [0, 0.05) is 60.6 Å². The molecule has 1 saturated heterocycles. The number of nitrogens with two attached hydrogens (primary N) is 1. The van der Waals surface area contributed by atoms with Gasteiger partial charge in [-0.3, -0.25) is 4.98 Å². The van der Waals surface area contributed by atoms with Crippen LogP contribution in [0.5, 0.6) is 0 Å². The number of halogens is 2. The fourth-order valence-corrected chi connectivity index (χ4v) is 4.84. The van der Waals surface area contributed by atoms with Crippen molar-refractivity contribution in [2.75, 3.05) is 36.9 Å². The molecule has 1 aliphatic heterocycles. The third-order valence-corrected chi connectivity index (χ3v) is 6.52. The fourth-order valence-electron chi connectivity index (χ4n) is 4.84. The van der Waals surface area contributed by atoms with Gasteiger partial charge in [0.05, 0.1) is 17.8 Å². The number of nitrogens with one attached hydrogen (secondary N) is 1. The van der Waals surface area contributed by atoms with Crippen molar-refractivity contribution in [1.29, 1.82) is 0 Å². The van der Waals surface area contributed by atoms with Crippen molar-refractivity contribution in [2.24, 2.45) is 0 Å². The minimum Gasteiger partial charge on any atom is -0.395 e. The highest BCUT2D eigenvalue weighted by Crippen LogP contribution is 2.40. The second-order valence-corrected chi connectivity index (χ2v) is 8.79. The summed E-state index contributed by atoms with van der Waals surface area (Å²) < 4.78 is 28.4. The normalized spacial score (nSPS) is 14.5. The molecule has 0 saturated carbocycles. The van der Waals surface area contributed by atoms with Crippen molar-refractivity contribution < 1.29 is 13.9 Å². The number of nitrogens with zero attached hydrogens (tertiary/aromatic N) is 3. The van der Waals surface area contributed by atoms with Crippen molar-refractivity contribution in [3.8, 4) is 22.3 Å². The van der Waals surface area contributed by atoms with Crippen LogP contribution in [0.25, 0.3) is 33.2 Å². The molecular formula is C27H27F2N5O. The summed E-state index contributed by atoms with van der Waals surface area (Å²) in [7, 11) is 0. The molecule has 0 amide bonds. The third kappa shape index (κ3) is 4.80. The molecule has 0 radical (unpaired) electrons. The number of piperidine rings is 1. The molecule has 0 atom stereocenters. The molecule has 8 heteroatoms. The van der Waals surface area contributed by atoms with E-state index in [1.54, 1.807) is 12.4 Å². The number of hydrogen-bond donors (Lipinski definition) is 3. The first-order valence-corrected chi connectivity index (χ1v) is 11.7. The number of fused-ring (bicyclic) bond motifs is 1. The van der Waals surface area contributed by atoms with Crippen LogP contribution in [-0.4, -0.2) is 47.4 Å². The van der Waals surface area contributed by atoms with E-state index in [0.717, 1.165) is 59.7 Å². The first kappa shape index (κ1) is 23.1. The summed E-state index contributed by atoms with van der Waals surface area (Å²) in [6.45, 7) is 2.18. The summed E-state index contributed by atoms with van der Waals surface area (Å²) in [5, 5.41) is 13.4. The Labute approximate surface area is 202 Å². The molecule has 0 bridgehead atoms. The van der Waals surface area contributed by atoms with E-state index < -0.39 is 11.6 Å². The van der Waals surface area contributed by atoms with Crippen LogP contribution < -0.4 is 16.0 Å². The predicted octanol–water partition coefficient (Wildman–Crippen LogP) is 4.37. The number of hydrogen-bond acceptors (Lipinski definition) is 6. The van der Waals surface area contributed by atoms with Crippen LogP contribution >= 0.6 is 0 Å². The number of aliphatic hydroxyl groups is 1. The van der Waals surface area contributed by atoms with Crippen LogP contribution in [0.4, 0.5) is 20.3 Å². The molecule has 180 valence electrons. The van der Waals surface area contributed by atoms with E-state index in [0.29, 0.717) is 29.5 Å². The first-order chi connectivity index (χ1) is 17.0. The molecule has 5 rings (SSSR count). The second kappa shape index (κ2) is 9.93. The number of pyridine rings is 2. The number of nitrogen functional groups attached to an aromatic ring is 1. The Morgan fingerprint density at radius 2 is 1.74 bits per heavy atom. The molecule has 0 spiro atoms. The average molecular weight is 476 g/mol. The fraction of sp³-hybridized carbons (Fsp3) is 0.259. The number of benzene rings is 2. The maximum atomic E-state index is 14.2. The van der Waals surface area contributed by atoms with Gasteiger partial charge in [0.2, 0.25) is 0 Å². The van der Waals surface area contributed by atoms with Crippen LogP contribution in [-0.2, 0) is 0 Å². The quantitative estimate of drug-likeness (QED) is 0.384. The highest BCUT2D eigenvalue weighted by Gasteiger charge is 2.24. The van der Waals surface area contributed by atoms with Gasteiger partial charge >= 0.3 is 0 Å². The monoisotopic (exact) mass is 475 g/mol. The smallest absolute Gasteiger partial charge is 0.131 e. The molecule has 0 aliphatic carbocycles. The molecule has 3 heterocycles. The lowest BCUT2D eigenvalue weighted by molar-refractivity contribution is 0.277. The lowest BCUT2D eigenvalue weighted by atomic mass is 9.96. The van der Waals surface area contributed by atoms with Gasteiger partial charge in [-0.25, -0.2) is 13.8 Å². The standard InChI is InChI=1S/C27H27F2N5O/c28-19-12-18(13-20(29)15-19)24-16-33-25-4-3-17(22-2-1-7-32-27(22)30)14-23(25)26(24)34-9-5-21(6-10-34)31-8-11-35/h1-4,7,12-16,21,31,35H,5-6,8-11H2,(H2,30,32). The molecule has 0 unspecified atom stereocenters. The Bertz CT molecular complexity index is 1330. The minimum atomic E-state index is -0.630. The molecule has 6 nitrogen and oxygen atoms in total. The van der Waals surface area contributed by atoms with Crippen molar-refractivity contribution in [1.82, 2.24) is 15.3 Å². The summed E-state index contributed by atoms with van der Waals surface area (Å²) in [6.07, 6.45) is 5.12. The zero-order chi connectivity index (χ0) is 24.4. The SMILES string of the molecule is Nc1ncccc1-c1ccc2ncc(-c3cc(F)cc(F)c3)c(N3CCC(NCCO)CC3)c2c1. The zero-order valence-corrected chi connectivity index (χ0v) is 19.2. The van der Waals surface area contributed by atoms with Crippen molar-refractivity contribution >= 4 is 22.4 Å². The van der Waals surface area contributed by atoms with E-state index in [1.165, 1.54) is 12.1 Å². The number of rotatable bonds is 6. The lowest BCUT2D eigenvalue weighted by Crippen LogP contribution is -2.43. The molecule has 1 aliphatic rings. The van der Waals surface area contributed by atoms with Crippen LogP contribution in [0.1, 0.15) is 12.8 Å². The summed E-state index contributed by atoms with van der Waals surface area (Å²) in [5.41, 5.74) is 10.6. The highest BCUT2D eigenvalue weighted by atomic mass is 19.1. The summed E-state index contributed by atoms with van der Waals surface area (Å²) in [4.78, 5) is 11.1. The molecule has 4 aromatic rings. The molecule has 35 heavy (non-hydrogen) atoms. The molecule has 4 N–H and O–H groups in total. The predicted molar refractivity (Wildman–Crippen MR) is 135 cm³/mol. The van der Waals surface area contributed by atoms with Crippen LogP contribution in [0.2, 0.25) is 0 Å². The van der Waals surface area contributed by atoms with E-state index in [2.05, 4.69) is 20.2 Å². The van der Waals surface area contributed by atoms with Gasteiger partial charge in [-0.05, 0) is 60.4 Å². The third-order valence-electron chi connectivity index (χ3n) is 6.52. The van der Waals surface area contributed by atoms with Crippen molar-refractivity contribution in [3.63, 3.8) is 0 Å². The maximum Gasteiger partial charge on any atom is 0.131 e. The van der Waals surface area contributed by atoms with Crippen molar-refractivity contribution in [3.05, 3.63) is 72.6 Å². The second-order valence-electron chi connectivity index (χ2n) is 8.79. The Hall–Kier alpha value is -3.62. The topological polar surface area (TPSA) is 87.3 Å². The Morgan fingerprint density at radius 1 is 0.971 bits per heavy atom. The Kier molecular flexibility index (Phi) is 6.57. The molecule has 2 aromatic carbocycles. The minimum absolute atomic E-state index is 0.102. The Balaban J connectivity index is 1.65.